The summed E-state index contributed by atoms with van der Waals surface area (Å²) in [5.41, 5.74) is 0.767. The van der Waals surface area contributed by atoms with Crippen LogP contribution in [0.5, 0.6) is 11.5 Å². The Balaban J connectivity index is 1.89. The third-order valence-electron chi connectivity index (χ3n) is 4.76. The van der Waals surface area contributed by atoms with E-state index < -0.39 is 7.60 Å². The fourth-order valence-electron chi connectivity index (χ4n) is 3.52. The van der Waals surface area contributed by atoms with Crippen LogP contribution in [-0.4, -0.2) is 53.2 Å². The zero-order chi connectivity index (χ0) is 18.7. The van der Waals surface area contributed by atoms with Crippen molar-refractivity contribution in [1.82, 2.24) is 9.97 Å². The molecule has 2 aromatic rings. The second-order valence-corrected chi connectivity index (χ2v) is 8.25. The fraction of sp³-hybridized carbons (Fsp3) is 0.529. The Hall–Kier alpha value is -1.89. The Labute approximate surface area is 152 Å². The van der Waals surface area contributed by atoms with Gasteiger partial charge in [0.1, 0.15) is 12.1 Å². The van der Waals surface area contributed by atoms with E-state index in [0.717, 1.165) is 42.5 Å². The van der Waals surface area contributed by atoms with E-state index in [4.69, 9.17) is 9.47 Å². The van der Waals surface area contributed by atoms with Gasteiger partial charge in [0.15, 0.2) is 11.5 Å². The van der Waals surface area contributed by atoms with Crippen molar-refractivity contribution in [3.8, 4) is 11.5 Å². The number of benzene rings is 1. The Morgan fingerprint density at radius 3 is 2.58 bits per heavy atom. The van der Waals surface area contributed by atoms with Crippen LogP contribution in [0.3, 0.4) is 0 Å². The van der Waals surface area contributed by atoms with E-state index in [1.165, 1.54) is 6.33 Å². The van der Waals surface area contributed by atoms with Gasteiger partial charge in [0.05, 0.1) is 25.9 Å². The van der Waals surface area contributed by atoms with E-state index in [-0.39, 0.29) is 12.1 Å². The average Bonchev–Trinajstić information content (AvgIpc) is 2.83. The van der Waals surface area contributed by atoms with Gasteiger partial charge in [-0.1, -0.05) is 0 Å². The molecule has 0 unspecified atom stereocenters. The number of fused-ring (bicyclic) bond motifs is 1. The van der Waals surface area contributed by atoms with Crippen molar-refractivity contribution >= 4 is 24.3 Å². The zero-order valence-corrected chi connectivity index (χ0v) is 15.9. The molecule has 0 spiro atoms. The van der Waals surface area contributed by atoms with Crippen LogP contribution in [0.25, 0.3) is 10.9 Å². The molecule has 26 heavy (non-hydrogen) atoms. The van der Waals surface area contributed by atoms with Gasteiger partial charge in [-0.2, -0.15) is 0 Å². The molecule has 1 aromatic heterocycles. The molecular formula is C17H24N3O5P. The lowest BCUT2D eigenvalue weighted by Gasteiger charge is -2.23. The molecule has 1 atom stereocenters. The minimum atomic E-state index is -3.98. The second-order valence-electron chi connectivity index (χ2n) is 6.55. The van der Waals surface area contributed by atoms with Gasteiger partial charge < -0.3 is 24.2 Å². The van der Waals surface area contributed by atoms with Crippen LogP contribution in [0.2, 0.25) is 0 Å². The summed E-state index contributed by atoms with van der Waals surface area (Å²) in [7, 11) is -0.805. The molecule has 1 fully saturated rings. The third-order valence-corrected chi connectivity index (χ3v) is 5.75. The van der Waals surface area contributed by atoms with E-state index in [2.05, 4.69) is 14.9 Å². The van der Waals surface area contributed by atoms with Gasteiger partial charge in [0.2, 0.25) is 0 Å². The summed E-state index contributed by atoms with van der Waals surface area (Å²) in [5, 5.41) is 0.874. The molecule has 2 heterocycles. The molecule has 0 amide bonds. The number of ether oxygens (including phenoxy) is 2. The maximum absolute atomic E-state index is 11.3. The first-order valence-electron chi connectivity index (χ1n) is 8.57. The lowest BCUT2D eigenvalue weighted by Crippen LogP contribution is -2.25. The van der Waals surface area contributed by atoms with Crippen molar-refractivity contribution in [2.75, 3.05) is 38.4 Å². The van der Waals surface area contributed by atoms with E-state index >= 15 is 0 Å². The summed E-state index contributed by atoms with van der Waals surface area (Å²) < 4.78 is 22.0. The third kappa shape index (κ3) is 4.26. The maximum Gasteiger partial charge on any atom is 0.325 e. The van der Waals surface area contributed by atoms with E-state index in [9.17, 15) is 14.4 Å². The fourth-order valence-corrected chi connectivity index (χ4v) is 4.56. The molecular weight excluding hydrogens is 357 g/mol. The van der Waals surface area contributed by atoms with Gasteiger partial charge in [-0.25, -0.2) is 9.97 Å². The van der Waals surface area contributed by atoms with Crippen LogP contribution < -0.4 is 14.4 Å². The molecule has 3 rings (SSSR count). The van der Waals surface area contributed by atoms with Crippen LogP contribution >= 0.6 is 7.60 Å². The lowest BCUT2D eigenvalue weighted by molar-refractivity contribution is 0.355. The smallest absolute Gasteiger partial charge is 0.325 e. The molecule has 1 saturated heterocycles. The van der Waals surface area contributed by atoms with Crippen molar-refractivity contribution in [2.45, 2.75) is 19.3 Å². The predicted octanol–water partition coefficient (Wildman–Crippen LogP) is 2.43. The SMILES string of the molecule is COc1cc2ncnc(N3CCC[C@@H](CP(=O)(O)O)CC3)c2cc1OC. The van der Waals surface area contributed by atoms with E-state index in [1.54, 1.807) is 14.2 Å². The maximum atomic E-state index is 11.3. The van der Waals surface area contributed by atoms with Crippen molar-refractivity contribution in [1.29, 1.82) is 0 Å². The number of aromatic nitrogens is 2. The summed E-state index contributed by atoms with van der Waals surface area (Å²) in [6.45, 7) is 1.49. The molecule has 9 heteroatoms. The van der Waals surface area contributed by atoms with Crippen molar-refractivity contribution in [3.05, 3.63) is 18.5 Å². The molecule has 0 saturated carbocycles. The number of hydrogen-bond donors (Lipinski definition) is 2. The van der Waals surface area contributed by atoms with Gasteiger partial charge in [0, 0.05) is 24.5 Å². The van der Waals surface area contributed by atoms with Gasteiger partial charge in [-0.05, 0) is 31.2 Å². The van der Waals surface area contributed by atoms with Crippen LogP contribution in [0.4, 0.5) is 5.82 Å². The highest BCUT2D eigenvalue weighted by Crippen LogP contribution is 2.40. The van der Waals surface area contributed by atoms with Crippen molar-refractivity contribution in [3.63, 3.8) is 0 Å². The first-order chi connectivity index (χ1) is 12.4. The molecule has 142 valence electrons. The number of anilines is 1. The minimum Gasteiger partial charge on any atom is -0.493 e. The van der Waals surface area contributed by atoms with Gasteiger partial charge >= 0.3 is 7.60 Å². The first-order valence-corrected chi connectivity index (χ1v) is 10.4. The van der Waals surface area contributed by atoms with Crippen molar-refractivity contribution < 1.29 is 23.8 Å². The molecule has 0 aliphatic carbocycles. The summed E-state index contributed by atoms with van der Waals surface area (Å²) >= 11 is 0. The summed E-state index contributed by atoms with van der Waals surface area (Å²) in [6, 6.07) is 3.70. The van der Waals surface area contributed by atoms with E-state index in [0.29, 0.717) is 18.0 Å². The van der Waals surface area contributed by atoms with E-state index in [1.807, 2.05) is 12.1 Å². The van der Waals surface area contributed by atoms with Crippen LogP contribution in [0, 0.1) is 5.92 Å². The van der Waals surface area contributed by atoms with Gasteiger partial charge in [0.25, 0.3) is 0 Å². The molecule has 1 aliphatic rings. The normalized spacial score (nSPS) is 18.6. The summed E-state index contributed by atoms with van der Waals surface area (Å²) in [4.78, 5) is 29.4. The highest BCUT2D eigenvalue weighted by molar-refractivity contribution is 7.51. The molecule has 1 aliphatic heterocycles. The Bertz CT molecular complexity index is 825. The number of hydrogen-bond acceptors (Lipinski definition) is 6. The molecule has 8 nitrogen and oxygen atoms in total. The zero-order valence-electron chi connectivity index (χ0n) is 15.0. The van der Waals surface area contributed by atoms with Crippen LogP contribution in [0.1, 0.15) is 19.3 Å². The average molecular weight is 381 g/mol. The largest absolute Gasteiger partial charge is 0.493 e. The Morgan fingerprint density at radius 1 is 1.15 bits per heavy atom. The van der Waals surface area contributed by atoms with Crippen LogP contribution in [0.15, 0.2) is 18.5 Å². The highest BCUT2D eigenvalue weighted by Gasteiger charge is 2.25. The molecule has 0 bridgehead atoms. The summed E-state index contributed by atoms with van der Waals surface area (Å²) in [6.07, 6.45) is 3.88. The second kappa shape index (κ2) is 7.78. The highest BCUT2D eigenvalue weighted by atomic mass is 31.2. The monoisotopic (exact) mass is 381 g/mol. The Kier molecular flexibility index (Phi) is 5.65. The summed E-state index contributed by atoms with van der Waals surface area (Å²) in [5.74, 6) is 2.07. The standard InChI is InChI=1S/C17H24N3O5P/c1-24-15-8-13-14(9-16(15)25-2)18-11-19-17(13)20-6-3-4-12(5-7-20)10-26(21,22)23/h8-9,11-12H,3-7,10H2,1-2H3,(H2,21,22,23)/t12-/m1/s1. The molecule has 0 radical (unpaired) electrons. The Morgan fingerprint density at radius 2 is 1.88 bits per heavy atom. The topological polar surface area (TPSA) is 105 Å². The number of methoxy groups -OCH3 is 2. The minimum absolute atomic E-state index is 0.0311. The van der Waals surface area contributed by atoms with Crippen LogP contribution in [-0.2, 0) is 4.57 Å². The quantitative estimate of drug-likeness (QED) is 0.761. The number of nitrogens with zero attached hydrogens (tertiary/aromatic N) is 3. The van der Waals surface area contributed by atoms with Gasteiger partial charge in [-0.3, -0.25) is 4.57 Å². The first kappa shape index (κ1) is 18.9. The predicted molar refractivity (Wildman–Crippen MR) is 99.1 cm³/mol. The van der Waals surface area contributed by atoms with Gasteiger partial charge in [-0.15, -0.1) is 0 Å². The number of rotatable bonds is 5. The molecule has 1 aromatic carbocycles. The lowest BCUT2D eigenvalue weighted by atomic mass is 10.0. The molecule has 2 N–H and O–H groups in total. The van der Waals surface area contributed by atoms with Crippen molar-refractivity contribution in [2.24, 2.45) is 5.92 Å².